The highest BCUT2D eigenvalue weighted by Gasteiger charge is 2.76. The maximum Gasteiger partial charge on any atom is 0.425 e. The Labute approximate surface area is 493 Å². The van der Waals surface area contributed by atoms with Gasteiger partial charge >= 0.3 is 12.2 Å². The number of nitrogens with zero attached hydrogens (tertiary/aromatic N) is 10. The molecule has 8 aromatic rings. The minimum atomic E-state index is -0.711. The van der Waals surface area contributed by atoms with Crippen LogP contribution in [-0.4, -0.2) is 92.0 Å². The molecule has 4 aromatic heterocycles. The second kappa shape index (κ2) is 22.1. The number of imidazole rings is 2. The van der Waals surface area contributed by atoms with E-state index in [1.165, 1.54) is 9.80 Å². The van der Waals surface area contributed by atoms with Gasteiger partial charge < -0.3 is 28.4 Å². The summed E-state index contributed by atoms with van der Waals surface area (Å²) in [4.78, 5) is 83.0. The normalized spacial score (nSPS) is 23.9. The number of ether oxygens (including phenoxy) is 6. The Morgan fingerprint density at radius 3 is 1.38 bits per heavy atom. The maximum atomic E-state index is 13.8. The third-order valence-corrected chi connectivity index (χ3v) is 17.0. The van der Waals surface area contributed by atoms with Gasteiger partial charge in [0.1, 0.15) is 29.2 Å². The van der Waals surface area contributed by atoms with E-state index < -0.39 is 30.2 Å². The minimum absolute atomic E-state index is 0. The molecule has 4 saturated heterocycles. The van der Waals surface area contributed by atoms with Crippen LogP contribution < -0.4 is 29.9 Å². The Balaban J connectivity index is 0.000000188. The van der Waals surface area contributed by atoms with Crippen molar-refractivity contribution >= 4 is 81.0 Å². The Morgan fingerprint density at radius 1 is 0.600 bits per heavy atom. The van der Waals surface area contributed by atoms with Crippen LogP contribution in [0.4, 0.5) is 44.2 Å². The lowest BCUT2D eigenvalue weighted by molar-refractivity contribution is -0.223. The van der Waals surface area contributed by atoms with Gasteiger partial charge in [-0.3, -0.25) is 29.4 Å². The molecule has 85 heavy (non-hydrogen) atoms. The fourth-order valence-corrected chi connectivity index (χ4v) is 12.2. The predicted molar refractivity (Wildman–Crippen MR) is 319 cm³/mol. The van der Waals surface area contributed by atoms with Crippen molar-refractivity contribution in [2.45, 2.75) is 123 Å². The molecule has 442 valence electrons. The largest absolute Gasteiger partial charge is 0.487 e. The molecular weight excluding hydrogens is 1080 g/mol. The van der Waals surface area contributed by atoms with Gasteiger partial charge in [0.2, 0.25) is 23.7 Å². The molecule has 2 N–H and O–H groups in total. The molecule has 0 radical (unpaired) electrons. The van der Waals surface area contributed by atoms with Gasteiger partial charge in [0, 0.05) is 26.5 Å². The van der Waals surface area contributed by atoms with Crippen LogP contribution in [-0.2, 0) is 28.5 Å². The molecule has 4 amide bonds. The summed E-state index contributed by atoms with van der Waals surface area (Å²) in [6.45, 7) is 19.6. The number of carbonyl (C=O) groups excluding carboxylic acids is 4. The van der Waals surface area contributed by atoms with Crippen LogP contribution in [0.15, 0.2) is 146 Å². The summed E-state index contributed by atoms with van der Waals surface area (Å²) in [6.07, 6.45) is 3.71. The number of carbonyl (C=O) groups is 4. The maximum absolute atomic E-state index is 13.8. The topological polar surface area (TPSA) is 241 Å². The SMILES string of the molecule is C=C1O[C@H]2C(C)[C@@]1(CC)O[C@H]2n1cnc2c(OC(=O)N(c3ccccc3)c3ccccc3)nc(NC(=O)C(C)C)nc21.CC[C@]12O[C@@H](n3cnc4c(OC(=O)N(c5ccccc5)c5ccccc5)nc(NC(=O)C(C)C)nc43)[C@@H](OC13CC3)C2C.[HH].[HH]. The van der Waals surface area contributed by atoms with Crippen molar-refractivity contribution < 1.29 is 50.5 Å². The van der Waals surface area contributed by atoms with Crippen LogP contribution in [0.5, 0.6) is 11.8 Å². The van der Waals surface area contributed by atoms with Crippen molar-refractivity contribution in [3.63, 3.8) is 0 Å². The molecule has 8 heterocycles. The lowest BCUT2D eigenvalue weighted by Crippen LogP contribution is -2.46. The summed E-state index contributed by atoms with van der Waals surface area (Å²) in [5.74, 6) is -0.583. The predicted octanol–water partition coefficient (Wildman–Crippen LogP) is 12.5. The molecule has 4 bridgehead atoms. The number of nitrogens with one attached hydrogen (secondary N) is 2. The van der Waals surface area contributed by atoms with Crippen LogP contribution in [0.25, 0.3) is 22.3 Å². The highest BCUT2D eigenvalue weighted by molar-refractivity contribution is 6.00. The minimum Gasteiger partial charge on any atom is -0.487 e. The second-order valence-electron chi connectivity index (χ2n) is 22.6. The van der Waals surface area contributed by atoms with Gasteiger partial charge in [0.05, 0.1) is 41.0 Å². The van der Waals surface area contributed by atoms with Crippen molar-refractivity contribution in [3.8, 4) is 11.8 Å². The molecule has 13 rings (SSSR count). The van der Waals surface area contributed by atoms with E-state index >= 15 is 0 Å². The zero-order chi connectivity index (χ0) is 59.5. The number of para-hydroxylation sites is 4. The number of rotatable bonds is 14. The van der Waals surface area contributed by atoms with Crippen LogP contribution in [0.1, 0.15) is 96.4 Å². The number of fused-ring (bicyclic) bond motifs is 7. The van der Waals surface area contributed by atoms with E-state index in [0.717, 1.165) is 19.3 Å². The zero-order valence-electron chi connectivity index (χ0n) is 48.4. The van der Waals surface area contributed by atoms with Crippen molar-refractivity contribution in [2.75, 3.05) is 20.4 Å². The summed E-state index contributed by atoms with van der Waals surface area (Å²) in [5.41, 5.74) is 2.38. The molecule has 1 spiro atoms. The summed E-state index contributed by atoms with van der Waals surface area (Å²) in [7, 11) is 0. The number of anilines is 6. The van der Waals surface area contributed by atoms with Gasteiger partial charge in [0.25, 0.3) is 11.8 Å². The van der Waals surface area contributed by atoms with E-state index in [-0.39, 0.29) is 96.4 Å². The molecule has 8 atom stereocenters. The van der Waals surface area contributed by atoms with Gasteiger partial charge in [-0.15, -0.1) is 0 Å². The summed E-state index contributed by atoms with van der Waals surface area (Å²) in [6, 6.07) is 36.7. The molecule has 4 aromatic carbocycles. The van der Waals surface area contributed by atoms with E-state index in [1.54, 1.807) is 73.7 Å². The Hall–Kier alpha value is -9.12. The van der Waals surface area contributed by atoms with Crippen molar-refractivity contribution in [2.24, 2.45) is 23.7 Å². The molecule has 5 fully saturated rings. The quantitative estimate of drug-likeness (QED) is 0.103. The Kier molecular flexibility index (Phi) is 14.7. The molecule has 1 saturated carbocycles. The van der Waals surface area contributed by atoms with Gasteiger partial charge in [-0.2, -0.15) is 19.9 Å². The van der Waals surface area contributed by atoms with Crippen LogP contribution in [0.3, 0.4) is 0 Å². The number of amides is 4. The molecule has 22 heteroatoms. The summed E-state index contributed by atoms with van der Waals surface area (Å²) in [5, 5.41) is 5.48. The summed E-state index contributed by atoms with van der Waals surface area (Å²) < 4.78 is 41.5. The first-order chi connectivity index (χ1) is 41.0. The van der Waals surface area contributed by atoms with E-state index in [4.69, 9.17) is 28.4 Å². The van der Waals surface area contributed by atoms with E-state index in [9.17, 15) is 19.2 Å². The summed E-state index contributed by atoms with van der Waals surface area (Å²) >= 11 is 0. The molecule has 5 aliphatic rings. The van der Waals surface area contributed by atoms with Crippen LogP contribution in [0, 0.1) is 23.7 Å². The fourth-order valence-electron chi connectivity index (χ4n) is 12.2. The zero-order valence-corrected chi connectivity index (χ0v) is 48.4. The number of hydrogen-bond donors (Lipinski definition) is 2. The molecular formula is C63H70N12O10. The first kappa shape index (κ1) is 56.4. The Bertz CT molecular complexity index is 3780. The number of benzene rings is 4. The highest BCUT2D eigenvalue weighted by Crippen LogP contribution is 2.68. The van der Waals surface area contributed by atoms with E-state index in [2.05, 4.69) is 67.9 Å². The van der Waals surface area contributed by atoms with E-state index in [1.807, 2.05) is 104 Å². The van der Waals surface area contributed by atoms with Gasteiger partial charge in [-0.05, 0) is 74.2 Å². The molecule has 1 aliphatic carbocycles. The van der Waals surface area contributed by atoms with Crippen molar-refractivity contribution in [1.82, 2.24) is 39.0 Å². The van der Waals surface area contributed by atoms with Gasteiger partial charge in [-0.25, -0.2) is 29.4 Å². The van der Waals surface area contributed by atoms with Gasteiger partial charge in [-0.1, -0.05) is 135 Å². The Morgan fingerprint density at radius 2 is 1.01 bits per heavy atom. The monoisotopic (exact) mass is 1150 g/mol. The lowest BCUT2D eigenvalue weighted by atomic mass is 9.82. The third-order valence-electron chi connectivity index (χ3n) is 17.0. The van der Waals surface area contributed by atoms with E-state index in [0.29, 0.717) is 46.2 Å². The van der Waals surface area contributed by atoms with Gasteiger partial charge in [0.15, 0.2) is 34.8 Å². The molecule has 2 unspecified atom stereocenters. The third kappa shape index (κ3) is 9.76. The lowest BCUT2D eigenvalue weighted by Gasteiger charge is -2.38. The highest BCUT2D eigenvalue weighted by atomic mass is 16.7. The number of aromatic nitrogens is 8. The second-order valence-corrected chi connectivity index (χ2v) is 22.6. The first-order valence-corrected chi connectivity index (χ1v) is 28.7. The van der Waals surface area contributed by atoms with Crippen molar-refractivity contribution in [1.29, 1.82) is 0 Å². The first-order valence-electron chi connectivity index (χ1n) is 28.7. The smallest absolute Gasteiger partial charge is 0.425 e. The van der Waals surface area contributed by atoms with Crippen LogP contribution >= 0.6 is 0 Å². The standard InChI is InChI=1S/C32H34N6O5.C31H32N6O5.2H2/c1-5-32-20(4)24(42-31(32)16-17-31)28(43-32)37-18-33-23-25(37)34-29(35-26(39)19(2)3)36-27(23)41-30(40)38(21-12-8-6-9-13-21)22-14-10-7-11-15-22;1-6-31-19(4)24(40-20(31)5)28(42-31)36-17-32-23-25(36)33-29(34-26(38)18(2)3)35-27(23)41-30(39)37(21-13-9-7-10-14-21)22-15-11-8-12-16-22;;/h6-15,18-20,24,28H,5,16-17H2,1-4H3,(H,34,35,36,39);7-19,24,28H,5-6H2,1-4H3,(H,33,34,35,38);2*1H/t20?,24-,28+,32+;19?,24-,28+,31+;;/m00../s1. The van der Waals surface area contributed by atoms with Crippen LogP contribution in [0.2, 0.25) is 0 Å². The number of hydrogen-bond acceptors (Lipinski definition) is 16. The average Bonchev–Trinajstić information content (AvgIpc) is 1.51. The molecule has 4 aliphatic heterocycles. The average molecular weight is 1160 g/mol. The fraction of sp³-hybridized carbons (Fsp3) is 0.365. The molecule has 22 nitrogen and oxygen atoms in total. The van der Waals surface area contributed by atoms with Crippen molar-refractivity contribution in [3.05, 3.63) is 146 Å².